The second-order valence-corrected chi connectivity index (χ2v) is 6.89. The molecule has 3 rings (SSSR count). The summed E-state index contributed by atoms with van der Waals surface area (Å²) in [5.41, 5.74) is 2.06. The molecule has 0 radical (unpaired) electrons. The van der Waals surface area contributed by atoms with E-state index in [0.29, 0.717) is 6.04 Å². The first kappa shape index (κ1) is 15.3. The van der Waals surface area contributed by atoms with Crippen LogP contribution in [0.25, 0.3) is 11.0 Å². The highest BCUT2D eigenvalue weighted by molar-refractivity contribution is 6.31. The molecule has 1 fully saturated rings. The number of rotatable bonds is 3. The van der Waals surface area contributed by atoms with Crippen molar-refractivity contribution in [3.63, 3.8) is 0 Å². The van der Waals surface area contributed by atoms with E-state index in [-0.39, 0.29) is 17.9 Å². The highest BCUT2D eigenvalue weighted by Gasteiger charge is 2.27. The van der Waals surface area contributed by atoms with Gasteiger partial charge < -0.3 is 9.88 Å². The van der Waals surface area contributed by atoms with Gasteiger partial charge in [0.2, 0.25) is 5.91 Å². The Balaban J connectivity index is 1.70. The van der Waals surface area contributed by atoms with Gasteiger partial charge in [0.25, 0.3) is 0 Å². The fourth-order valence-electron chi connectivity index (χ4n) is 3.31. The predicted molar refractivity (Wildman–Crippen MR) is 89.0 cm³/mol. The van der Waals surface area contributed by atoms with Crippen LogP contribution in [-0.2, 0) is 4.79 Å². The summed E-state index contributed by atoms with van der Waals surface area (Å²) in [6.45, 7) is 4.01. The normalized spacial score (nSPS) is 22.2. The maximum atomic E-state index is 12.1. The minimum atomic E-state index is 0.150. The highest BCUT2D eigenvalue weighted by Crippen LogP contribution is 2.34. The van der Waals surface area contributed by atoms with E-state index in [4.69, 9.17) is 11.6 Å². The molecule has 0 spiro atoms. The Morgan fingerprint density at radius 2 is 2.05 bits per heavy atom. The van der Waals surface area contributed by atoms with Gasteiger partial charge in [0.15, 0.2) is 0 Å². The van der Waals surface area contributed by atoms with Crippen molar-refractivity contribution >= 4 is 28.5 Å². The first-order chi connectivity index (χ1) is 10.5. The molecule has 4 nitrogen and oxygen atoms in total. The van der Waals surface area contributed by atoms with Crippen LogP contribution in [0.1, 0.15) is 45.6 Å². The number of hydrogen-bond acceptors (Lipinski definition) is 2. The zero-order valence-corrected chi connectivity index (χ0v) is 13.8. The van der Waals surface area contributed by atoms with Crippen molar-refractivity contribution in [2.24, 2.45) is 5.92 Å². The van der Waals surface area contributed by atoms with E-state index < -0.39 is 0 Å². The SMILES string of the molecule is CC(C)NC(=O)C1CCC(n2cnc3ccc(Cl)cc32)CC1. The molecule has 1 aliphatic rings. The van der Waals surface area contributed by atoms with Crippen LogP contribution in [0.2, 0.25) is 5.02 Å². The van der Waals surface area contributed by atoms with Crippen LogP contribution < -0.4 is 5.32 Å². The minimum Gasteiger partial charge on any atom is -0.354 e. The van der Waals surface area contributed by atoms with Gasteiger partial charge in [-0.2, -0.15) is 0 Å². The lowest BCUT2D eigenvalue weighted by molar-refractivity contribution is -0.126. The Hall–Kier alpha value is -1.55. The predicted octanol–water partition coefficient (Wildman–Crippen LogP) is 3.95. The molecular weight excluding hydrogens is 298 g/mol. The summed E-state index contributed by atoms with van der Waals surface area (Å²) < 4.78 is 2.22. The Kier molecular flexibility index (Phi) is 4.39. The van der Waals surface area contributed by atoms with Crippen LogP contribution in [0, 0.1) is 5.92 Å². The molecule has 1 amide bonds. The summed E-state index contributed by atoms with van der Waals surface area (Å²) in [6, 6.07) is 6.42. The van der Waals surface area contributed by atoms with E-state index in [1.807, 2.05) is 38.4 Å². The lowest BCUT2D eigenvalue weighted by atomic mass is 9.85. The van der Waals surface area contributed by atoms with E-state index in [1.165, 1.54) is 0 Å². The standard InChI is InChI=1S/C17H22ClN3O/c1-11(2)20-17(22)12-3-6-14(7-4-12)21-10-19-15-8-5-13(18)9-16(15)21/h5,8-12,14H,3-4,6-7H2,1-2H3,(H,20,22). The number of halogens is 1. The summed E-state index contributed by atoms with van der Waals surface area (Å²) in [6.07, 6.45) is 5.79. The number of imidazole rings is 1. The fourth-order valence-corrected chi connectivity index (χ4v) is 3.48. The summed E-state index contributed by atoms with van der Waals surface area (Å²) in [5, 5.41) is 3.76. The molecule has 1 aliphatic carbocycles. The number of nitrogens with one attached hydrogen (secondary N) is 1. The largest absolute Gasteiger partial charge is 0.354 e. The molecule has 2 aromatic rings. The molecule has 0 unspecified atom stereocenters. The average molecular weight is 320 g/mol. The van der Waals surface area contributed by atoms with Gasteiger partial charge in [-0.1, -0.05) is 11.6 Å². The van der Waals surface area contributed by atoms with E-state index in [1.54, 1.807) is 0 Å². The highest BCUT2D eigenvalue weighted by atomic mass is 35.5. The molecule has 5 heteroatoms. The van der Waals surface area contributed by atoms with Crippen molar-refractivity contribution in [2.45, 2.75) is 51.6 Å². The van der Waals surface area contributed by atoms with Gasteiger partial charge in [-0.05, 0) is 57.7 Å². The monoisotopic (exact) mass is 319 g/mol. The van der Waals surface area contributed by atoms with Crippen molar-refractivity contribution in [2.75, 3.05) is 0 Å². The molecule has 1 aromatic heterocycles. The summed E-state index contributed by atoms with van der Waals surface area (Å²) in [7, 11) is 0. The van der Waals surface area contributed by atoms with Crippen molar-refractivity contribution in [1.29, 1.82) is 0 Å². The number of nitrogens with zero attached hydrogens (tertiary/aromatic N) is 2. The molecular formula is C17H22ClN3O. The van der Waals surface area contributed by atoms with Crippen LogP contribution in [0.4, 0.5) is 0 Å². The van der Waals surface area contributed by atoms with Gasteiger partial charge in [-0.15, -0.1) is 0 Å². The lowest BCUT2D eigenvalue weighted by Crippen LogP contribution is -2.37. The van der Waals surface area contributed by atoms with Crippen molar-refractivity contribution in [1.82, 2.24) is 14.9 Å². The van der Waals surface area contributed by atoms with E-state index in [0.717, 1.165) is 41.7 Å². The van der Waals surface area contributed by atoms with Crippen LogP contribution >= 0.6 is 11.6 Å². The molecule has 0 aliphatic heterocycles. The van der Waals surface area contributed by atoms with Gasteiger partial charge in [-0.25, -0.2) is 4.98 Å². The number of carbonyl (C=O) groups is 1. The Bertz CT molecular complexity index is 672. The Labute approximate surface area is 135 Å². The maximum absolute atomic E-state index is 12.1. The molecule has 0 saturated heterocycles. The molecule has 1 aromatic carbocycles. The van der Waals surface area contributed by atoms with Crippen molar-refractivity contribution in [3.05, 3.63) is 29.5 Å². The van der Waals surface area contributed by atoms with Crippen LogP contribution in [0.3, 0.4) is 0 Å². The fraction of sp³-hybridized carbons (Fsp3) is 0.529. The average Bonchev–Trinajstić information content (AvgIpc) is 2.89. The third-order valence-corrected chi connectivity index (χ3v) is 4.66. The number of fused-ring (bicyclic) bond motifs is 1. The number of benzene rings is 1. The zero-order chi connectivity index (χ0) is 15.7. The minimum absolute atomic E-state index is 0.150. The second kappa shape index (κ2) is 6.29. The molecule has 1 N–H and O–H groups in total. The summed E-state index contributed by atoms with van der Waals surface area (Å²) in [4.78, 5) is 16.6. The lowest BCUT2D eigenvalue weighted by Gasteiger charge is -2.29. The van der Waals surface area contributed by atoms with Gasteiger partial charge in [-0.3, -0.25) is 4.79 Å². The van der Waals surface area contributed by atoms with Gasteiger partial charge in [0.05, 0.1) is 17.4 Å². The third kappa shape index (κ3) is 3.12. The Morgan fingerprint density at radius 1 is 1.32 bits per heavy atom. The number of hydrogen-bond donors (Lipinski definition) is 1. The Morgan fingerprint density at radius 3 is 2.73 bits per heavy atom. The first-order valence-corrected chi connectivity index (χ1v) is 8.35. The maximum Gasteiger partial charge on any atom is 0.223 e. The summed E-state index contributed by atoms with van der Waals surface area (Å²) in [5.74, 6) is 0.351. The summed E-state index contributed by atoms with van der Waals surface area (Å²) >= 11 is 6.11. The second-order valence-electron chi connectivity index (χ2n) is 6.45. The van der Waals surface area contributed by atoms with E-state index in [9.17, 15) is 4.79 Å². The quantitative estimate of drug-likeness (QED) is 0.931. The first-order valence-electron chi connectivity index (χ1n) is 7.97. The van der Waals surface area contributed by atoms with Crippen LogP contribution in [-0.4, -0.2) is 21.5 Å². The molecule has 1 heterocycles. The molecule has 0 atom stereocenters. The number of aromatic nitrogens is 2. The van der Waals surface area contributed by atoms with Crippen molar-refractivity contribution in [3.8, 4) is 0 Å². The topological polar surface area (TPSA) is 46.9 Å². The van der Waals surface area contributed by atoms with Gasteiger partial charge in [0, 0.05) is 23.0 Å². The number of amides is 1. The molecule has 1 saturated carbocycles. The van der Waals surface area contributed by atoms with Crippen LogP contribution in [0.5, 0.6) is 0 Å². The van der Waals surface area contributed by atoms with Gasteiger partial charge >= 0.3 is 0 Å². The van der Waals surface area contributed by atoms with Crippen molar-refractivity contribution < 1.29 is 4.79 Å². The van der Waals surface area contributed by atoms with Crippen LogP contribution in [0.15, 0.2) is 24.5 Å². The molecule has 118 valence electrons. The van der Waals surface area contributed by atoms with E-state index >= 15 is 0 Å². The molecule has 22 heavy (non-hydrogen) atoms. The van der Waals surface area contributed by atoms with E-state index in [2.05, 4.69) is 14.9 Å². The third-order valence-electron chi connectivity index (χ3n) is 4.43. The molecule has 0 bridgehead atoms. The number of carbonyl (C=O) groups excluding carboxylic acids is 1. The zero-order valence-electron chi connectivity index (χ0n) is 13.1. The van der Waals surface area contributed by atoms with Gasteiger partial charge in [0.1, 0.15) is 0 Å². The smallest absolute Gasteiger partial charge is 0.223 e.